The smallest absolute Gasteiger partial charge is 0.358 e. The number of carbonyl (C=O) groups is 1. The topological polar surface area (TPSA) is 61.3 Å². The molecule has 5 heteroatoms. The van der Waals surface area contributed by atoms with E-state index in [2.05, 4.69) is 21.6 Å². The molecule has 104 valence electrons. The third kappa shape index (κ3) is 3.91. The van der Waals surface area contributed by atoms with Crippen molar-refractivity contribution < 1.29 is 14.3 Å². The van der Waals surface area contributed by atoms with Crippen molar-refractivity contribution in [2.45, 2.75) is 32.6 Å². The highest BCUT2D eigenvalue weighted by atomic mass is 16.5. The Morgan fingerprint density at radius 3 is 3.00 bits per heavy atom. The Kier molecular flexibility index (Phi) is 4.71. The zero-order valence-corrected chi connectivity index (χ0v) is 11.5. The second-order valence-electron chi connectivity index (χ2n) is 5.18. The number of hydrogen-bond acceptors (Lipinski definition) is 5. The molecular formula is C14H20N2O3. The van der Waals surface area contributed by atoms with Crippen LogP contribution in [0, 0.1) is 11.8 Å². The normalized spacial score (nSPS) is 22.8. The van der Waals surface area contributed by atoms with Gasteiger partial charge in [-0.1, -0.05) is 19.8 Å². The molecule has 19 heavy (non-hydrogen) atoms. The van der Waals surface area contributed by atoms with Gasteiger partial charge >= 0.3 is 5.97 Å². The maximum absolute atomic E-state index is 11.3. The van der Waals surface area contributed by atoms with Crippen LogP contribution in [-0.4, -0.2) is 29.7 Å². The van der Waals surface area contributed by atoms with Crippen LogP contribution in [0.1, 0.15) is 43.1 Å². The monoisotopic (exact) mass is 264 g/mol. The van der Waals surface area contributed by atoms with Crippen molar-refractivity contribution in [3.8, 4) is 5.88 Å². The van der Waals surface area contributed by atoms with Gasteiger partial charge in [-0.25, -0.2) is 9.78 Å². The molecule has 2 rings (SSSR count). The lowest BCUT2D eigenvalue weighted by Crippen LogP contribution is -2.20. The largest absolute Gasteiger partial charge is 0.476 e. The van der Waals surface area contributed by atoms with Crippen LogP contribution in [0.3, 0.4) is 0 Å². The molecule has 0 aromatic carbocycles. The van der Waals surface area contributed by atoms with Gasteiger partial charge in [0.2, 0.25) is 5.88 Å². The quantitative estimate of drug-likeness (QED) is 0.782. The number of carbonyl (C=O) groups excluding carboxylic acids is 1. The molecular weight excluding hydrogens is 244 g/mol. The maximum Gasteiger partial charge on any atom is 0.358 e. The molecule has 1 aliphatic rings. The highest BCUT2D eigenvalue weighted by Gasteiger charge is 2.19. The van der Waals surface area contributed by atoms with E-state index in [-0.39, 0.29) is 5.69 Å². The number of rotatable bonds is 4. The van der Waals surface area contributed by atoms with Crippen molar-refractivity contribution in [1.29, 1.82) is 0 Å². The molecule has 1 fully saturated rings. The molecule has 0 spiro atoms. The van der Waals surface area contributed by atoms with Crippen LogP contribution >= 0.6 is 0 Å². The summed E-state index contributed by atoms with van der Waals surface area (Å²) in [7, 11) is 1.32. The van der Waals surface area contributed by atoms with Crippen LogP contribution in [0.2, 0.25) is 0 Å². The van der Waals surface area contributed by atoms with Crippen molar-refractivity contribution in [2.24, 2.45) is 11.8 Å². The van der Waals surface area contributed by atoms with E-state index in [9.17, 15) is 4.79 Å². The highest BCUT2D eigenvalue weighted by molar-refractivity contribution is 5.86. The molecule has 1 aromatic rings. The second kappa shape index (κ2) is 6.50. The van der Waals surface area contributed by atoms with Crippen LogP contribution < -0.4 is 4.74 Å². The molecule has 1 saturated carbocycles. The van der Waals surface area contributed by atoms with E-state index < -0.39 is 5.97 Å². The number of nitrogens with zero attached hydrogens (tertiary/aromatic N) is 2. The lowest BCUT2D eigenvalue weighted by atomic mass is 9.83. The number of aromatic nitrogens is 2. The van der Waals surface area contributed by atoms with Crippen molar-refractivity contribution in [3.05, 3.63) is 18.1 Å². The minimum Gasteiger partial charge on any atom is -0.476 e. The Hall–Kier alpha value is -1.65. The van der Waals surface area contributed by atoms with Crippen LogP contribution in [0.5, 0.6) is 5.88 Å². The van der Waals surface area contributed by atoms with Gasteiger partial charge < -0.3 is 9.47 Å². The fourth-order valence-corrected chi connectivity index (χ4v) is 2.53. The average molecular weight is 264 g/mol. The third-order valence-corrected chi connectivity index (χ3v) is 3.52. The summed E-state index contributed by atoms with van der Waals surface area (Å²) in [4.78, 5) is 19.4. The van der Waals surface area contributed by atoms with Gasteiger partial charge in [-0.05, 0) is 24.7 Å². The zero-order valence-electron chi connectivity index (χ0n) is 11.5. The van der Waals surface area contributed by atoms with Crippen LogP contribution in [-0.2, 0) is 4.74 Å². The molecule has 0 N–H and O–H groups in total. The Morgan fingerprint density at radius 1 is 1.42 bits per heavy atom. The van der Waals surface area contributed by atoms with E-state index in [4.69, 9.17) is 4.74 Å². The zero-order chi connectivity index (χ0) is 13.7. The first-order valence-corrected chi connectivity index (χ1v) is 6.72. The van der Waals surface area contributed by atoms with E-state index >= 15 is 0 Å². The van der Waals surface area contributed by atoms with Gasteiger partial charge in [-0.3, -0.25) is 4.98 Å². The van der Waals surface area contributed by atoms with Crippen molar-refractivity contribution in [1.82, 2.24) is 9.97 Å². The van der Waals surface area contributed by atoms with E-state index in [1.54, 1.807) is 0 Å². The molecule has 0 saturated heterocycles. The number of esters is 1. The molecule has 1 heterocycles. The fraction of sp³-hybridized carbons (Fsp3) is 0.643. The first kappa shape index (κ1) is 13.8. The van der Waals surface area contributed by atoms with Crippen molar-refractivity contribution in [3.63, 3.8) is 0 Å². The van der Waals surface area contributed by atoms with Gasteiger partial charge in [0.25, 0.3) is 0 Å². The summed E-state index contributed by atoms with van der Waals surface area (Å²) in [6.45, 7) is 2.92. The molecule has 5 nitrogen and oxygen atoms in total. The fourth-order valence-electron chi connectivity index (χ4n) is 2.53. The van der Waals surface area contributed by atoms with E-state index in [1.807, 2.05) is 0 Å². The van der Waals surface area contributed by atoms with Crippen molar-refractivity contribution >= 4 is 5.97 Å². The number of methoxy groups -OCH3 is 1. The first-order chi connectivity index (χ1) is 9.19. The molecule has 0 bridgehead atoms. The number of ether oxygens (including phenoxy) is 2. The molecule has 2 unspecified atom stereocenters. The highest BCUT2D eigenvalue weighted by Crippen LogP contribution is 2.28. The van der Waals surface area contributed by atoms with E-state index in [0.717, 1.165) is 5.92 Å². The summed E-state index contributed by atoms with van der Waals surface area (Å²) < 4.78 is 10.3. The number of hydrogen-bond donors (Lipinski definition) is 0. The van der Waals surface area contributed by atoms with Gasteiger partial charge in [0.1, 0.15) is 0 Å². The lowest BCUT2D eigenvalue weighted by Gasteiger charge is -2.26. The SMILES string of the molecule is COC(=O)c1cncc(OCC2CCCC(C)C2)n1. The summed E-state index contributed by atoms with van der Waals surface area (Å²) in [6, 6.07) is 0. The summed E-state index contributed by atoms with van der Waals surface area (Å²) >= 11 is 0. The van der Waals surface area contributed by atoms with Gasteiger partial charge in [-0.15, -0.1) is 0 Å². The van der Waals surface area contributed by atoms with Gasteiger partial charge in [-0.2, -0.15) is 0 Å². The van der Waals surface area contributed by atoms with Gasteiger partial charge in [0.15, 0.2) is 5.69 Å². The minimum absolute atomic E-state index is 0.178. The third-order valence-electron chi connectivity index (χ3n) is 3.52. The van der Waals surface area contributed by atoms with Crippen molar-refractivity contribution in [2.75, 3.05) is 13.7 Å². The summed E-state index contributed by atoms with van der Waals surface area (Å²) in [6.07, 6.45) is 7.88. The predicted octanol–water partition coefficient (Wildman–Crippen LogP) is 2.47. The summed E-state index contributed by atoms with van der Waals surface area (Å²) in [5, 5.41) is 0. The lowest BCUT2D eigenvalue weighted by molar-refractivity contribution is 0.0591. The first-order valence-electron chi connectivity index (χ1n) is 6.72. The molecule has 0 aliphatic heterocycles. The average Bonchev–Trinajstić information content (AvgIpc) is 2.45. The standard InChI is InChI=1S/C14H20N2O3/c1-10-4-3-5-11(6-10)9-19-13-8-15-7-12(16-13)14(17)18-2/h7-8,10-11H,3-6,9H2,1-2H3. The summed E-state index contributed by atoms with van der Waals surface area (Å²) in [5.41, 5.74) is 0.178. The molecule has 1 aliphatic carbocycles. The Balaban J connectivity index is 1.90. The maximum atomic E-state index is 11.3. The molecule has 1 aromatic heterocycles. The Bertz CT molecular complexity index is 436. The van der Waals surface area contributed by atoms with Gasteiger partial charge in [0, 0.05) is 0 Å². The molecule has 0 amide bonds. The van der Waals surface area contributed by atoms with E-state index in [0.29, 0.717) is 18.4 Å². The Morgan fingerprint density at radius 2 is 2.26 bits per heavy atom. The van der Waals surface area contributed by atoms with E-state index in [1.165, 1.54) is 45.2 Å². The van der Waals surface area contributed by atoms with Crippen LogP contribution in [0.15, 0.2) is 12.4 Å². The predicted molar refractivity (Wildman–Crippen MR) is 70.0 cm³/mol. The van der Waals surface area contributed by atoms with Gasteiger partial charge in [0.05, 0.1) is 26.1 Å². The molecule has 0 radical (unpaired) electrons. The second-order valence-corrected chi connectivity index (χ2v) is 5.18. The minimum atomic E-state index is -0.496. The van der Waals surface area contributed by atoms with Crippen LogP contribution in [0.25, 0.3) is 0 Å². The van der Waals surface area contributed by atoms with Crippen LogP contribution in [0.4, 0.5) is 0 Å². The Labute approximate surface area is 113 Å². The molecule has 2 atom stereocenters. The summed E-state index contributed by atoms with van der Waals surface area (Å²) in [5.74, 6) is 1.24.